The zero-order valence-corrected chi connectivity index (χ0v) is 18.9. The zero-order valence-electron chi connectivity index (χ0n) is 17.3. The van der Waals surface area contributed by atoms with E-state index in [1.165, 1.54) is 11.8 Å². The Kier molecular flexibility index (Phi) is 8.86. The summed E-state index contributed by atoms with van der Waals surface area (Å²) in [5.74, 6) is 0.221. The first-order valence-electron chi connectivity index (χ1n) is 9.60. The third-order valence-corrected chi connectivity index (χ3v) is 5.02. The monoisotopic (exact) mass is 475 g/mol. The van der Waals surface area contributed by atoms with Gasteiger partial charge in [-0.15, -0.1) is 0 Å². The van der Waals surface area contributed by atoms with E-state index in [-0.39, 0.29) is 24.3 Å². The molecule has 0 unspecified atom stereocenters. The van der Waals surface area contributed by atoms with Crippen molar-refractivity contribution in [2.75, 3.05) is 30.8 Å². The fourth-order valence-electron chi connectivity index (χ4n) is 2.87. The molecule has 0 radical (unpaired) electrons. The van der Waals surface area contributed by atoms with Crippen LogP contribution in [0.25, 0.3) is 0 Å². The average Bonchev–Trinajstić information content (AvgIpc) is 2.71. The first kappa shape index (κ1) is 23.4. The first-order chi connectivity index (χ1) is 14.3. The van der Waals surface area contributed by atoms with Crippen molar-refractivity contribution in [2.24, 2.45) is 0 Å². The fraction of sp³-hybridized carbons (Fsp3) is 0.318. The number of methoxy groups -OCH3 is 1. The summed E-state index contributed by atoms with van der Waals surface area (Å²) < 4.78 is 6.05. The van der Waals surface area contributed by atoms with Crippen molar-refractivity contribution >= 4 is 45.0 Å². The van der Waals surface area contributed by atoms with Crippen LogP contribution in [-0.4, -0.2) is 42.8 Å². The molecule has 2 aromatic carbocycles. The molecule has 0 aromatic heterocycles. The highest BCUT2D eigenvalue weighted by Crippen LogP contribution is 2.26. The number of amides is 3. The fourth-order valence-corrected chi connectivity index (χ4v) is 3.45. The maximum Gasteiger partial charge on any atom is 0.243 e. The molecule has 0 spiro atoms. The molecule has 0 saturated carbocycles. The maximum atomic E-state index is 12.6. The second-order valence-electron chi connectivity index (χ2n) is 6.68. The zero-order chi connectivity index (χ0) is 22.1. The average molecular weight is 476 g/mol. The van der Waals surface area contributed by atoms with Gasteiger partial charge < -0.3 is 20.3 Å². The van der Waals surface area contributed by atoms with Crippen LogP contribution in [-0.2, 0) is 20.8 Å². The van der Waals surface area contributed by atoms with Crippen LogP contribution in [0.3, 0.4) is 0 Å². The van der Waals surface area contributed by atoms with Gasteiger partial charge in [-0.05, 0) is 71.2 Å². The van der Waals surface area contributed by atoms with E-state index in [0.717, 1.165) is 15.8 Å². The number of halogens is 1. The molecule has 0 atom stereocenters. The molecule has 160 valence electrons. The van der Waals surface area contributed by atoms with Crippen molar-refractivity contribution in [3.63, 3.8) is 0 Å². The van der Waals surface area contributed by atoms with E-state index in [1.807, 2.05) is 25.1 Å². The second kappa shape index (κ2) is 11.3. The minimum Gasteiger partial charge on any atom is -0.496 e. The molecule has 2 rings (SSSR count). The molecular weight excluding hydrogens is 450 g/mol. The van der Waals surface area contributed by atoms with E-state index < -0.39 is 0 Å². The Labute approximate surface area is 184 Å². The molecule has 7 nitrogen and oxygen atoms in total. The molecule has 0 aliphatic rings. The molecular formula is C22H26BrN3O4. The lowest BCUT2D eigenvalue weighted by atomic mass is 10.1. The lowest BCUT2D eigenvalue weighted by Gasteiger charge is -2.20. The van der Waals surface area contributed by atoms with Gasteiger partial charge in [-0.2, -0.15) is 0 Å². The van der Waals surface area contributed by atoms with Gasteiger partial charge in [-0.1, -0.05) is 6.07 Å². The quantitative estimate of drug-likeness (QED) is 0.576. The van der Waals surface area contributed by atoms with Crippen LogP contribution in [0.4, 0.5) is 11.4 Å². The lowest BCUT2D eigenvalue weighted by molar-refractivity contribution is -0.134. The summed E-state index contributed by atoms with van der Waals surface area (Å²) in [6.45, 7) is 3.70. The van der Waals surface area contributed by atoms with Crippen LogP contribution >= 0.6 is 15.9 Å². The molecule has 0 bridgehead atoms. The molecule has 0 heterocycles. The number of hydrogen-bond acceptors (Lipinski definition) is 4. The number of hydrogen-bond donors (Lipinski definition) is 2. The number of nitrogens with one attached hydrogen (secondary N) is 2. The highest BCUT2D eigenvalue weighted by molar-refractivity contribution is 9.10. The standard InChI is InChI=1S/C22H26BrN3O4/c1-4-26(22(29)12-6-16-5-11-20(30-3)19(23)13-16)14-21(28)25-18-9-7-17(8-10-18)24-15(2)27/h5,7-11,13H,4,6,12,14H2,1-3H3,(H,24,27)(H,25,28). The van der Waals surface area contributed by atoms with E-state index in [1.54, 1.807) is 31.4 Å². The van der Waals surface area contributed by atoms with Crippen LogP contribution < -0.4 is 15.4 Å². The van der Waals surface area contributed by atoms with Gasteiger partial charge in [0.25, 0.3) is 0 Å². The molecule has 2 N–H and O–H groups in total. The third kappa shape index (κ3) is 7.18. The second-order valence-corrected chi connectivity index (χ2v) is 7.54. The Bertz CT molecular complexity index is 900. The van der Waals surface area contributed by atoms with Crippen LogP contribution in [0.5, 0.6) is 5.75 Å². The van der Waals surface area contributed by atoms with Gasteiger partial charge in [0.15, 0.2) is 0 Å². The molecule has 0 aliphatic carbocycles. The van der Waals surface area contributed by atoms with Gasteiger partial charge in [0.05, 0.1) is 18.1 Å². The van der Waals surface area contributed by atoms with Gasteiger partial charge in [0, 0.05) is 31.3 Å². The first-order valence-corrected chi connectivity index (χ1v) is 10.4. The topological polar surface area (TPSA) is 87.7 Å². The van der Waals surface area contributed by atoms with E-state index in [2.05, 4.69) is 26.6 Å². The van der Waals surface area contributed by atoms with E-state index in [9.17, 15) is 14.4 Å². The third-order valence-electron chi connectivity index (χ3n) is 4.40. The number of ether oxygens (including phenoxy) is 1. The van der Waals surface area contributed by atoms with Crippen LogP contribution in [0.15, 0.2) is 46.9 Å². The summed E-state index contributed by atoms with van der Waals surface area (Å²) >= 11 is 3.44. The van der Waals surface area contributed by atoms with Crippen molar-refractivity contribution in [1.29, 1.82) is 0 Å². The molecule has 3 amide bonds. The normalized spacial score (nSPS) is 10.3. The van der Waals surface area contributed by atoms with E-state index in [4.69, 9.17) is 4.74 Å². The van der Waals surface area contributed by atoms with E-state index >= 15 is 0 Å². The van der Waals surface area contributed by atoms with Crippen LogP contribution in [0.2, 0.25) is 0 Å². The molecule has 0 fully saturated rings. The lowest BCUT2D eigenvalue weighted by Crippen LogP contribution is -2.38. The van der Waals surface area contributed by atoms with Crippen molar-refractivity contribution < 1.29 is 19.1 Å². The number of rotatable bonds is 9. The number of carbonyl (C=O) groups is 3. The number of benzene rings is 2. The summed E-state index contributed by atoms with van der Waals surface area (Å²) in [5, 5.41) is 5.43. The Hall–Kier alpha value is -2.87. The Balaban J connectivity index is 1.87. The highest BCUT2D eigenvalue weighted by Gasteiger charge is 2.16. The van der Waals surface area contributed by atoms with Crippen LogP contribution in [0.1, 0.15) is 25.8 Å². The van der Waals surface area contributed by atoms with Crippen molar-refractivity contribution in [3.05, 3.63) is 52.5 Å². The smallest absolute Gasteiger partial charge is 0.243 e. The van der Waals surface area contributed by atoms with Crippen LogP contribution in [0, 0.1) is 0 Å². The van der Waals surface area contributed by atoms with Gasteiger partial charge >= 0.3 is 0 Å². The Morgan fingerprint density at radius 2 is 1.67 bits per heavy atom. The summed E-state index contributed by atoms with van der Waals surface area (Å²) in [6.07, 6.45) is 0.884. The summed E-state index contributed by atoms with van der Waals surface area (Å²) in [5.41, 5.74) is 2.26. The number of carbonyl (C=O) groups excluding carboxylic acids is 3. The number of anilines is 2. The van der Waals surface area contributed by atoms with Gasteiger partial charge in [0.1, 0.15) is 5.75 Å². The minimum absolute atomic E-state index is 0.0188. The molecule has 2 aromatic rings. The van der Waals surface area contributed by atoms with Crippen molar-refractivity contribution in [3.8, 4) is 5.75 Å². The SMILES string of the molecule is CCN(CC(=O)Nc1ccc(NC(C)=O)cc1)C(=O)CCc1ccc(OC)c(Br)c1. The van der Waals surface area contributed by atoms with Gasteiger partial charge in [-0.3, -0.25) is 14.4 Å². The van der Waals surface area contributed by atoms with Gasteiger partial charge in [-0.25, -0.2) is 0 Å². The number of aryl methyl sites for hydroxylation is 1. The Morgan fingerprint density at radius 1 is 1.03 bits per heavy atom. The Morgan fingerprint density at radius 3 is 2.20 bits per heavy atom. The summed E-state index contributed by atoms with van der Waals surface area (Å²) in [7, 11) is 1.60. The number of nitrogens with zero attached hydrogens (tertiary/aromatic N) is 1. The molecule has 8 heteroatoms. The largest absolute Gasteiger partial charge is 0.496 e. The van der Waals surface area contributed by atoms with E-state index in [0.29, 0.717) is 30.8 Å². The molecule has 0 saturated heterocycles. The number of likely N-dealkylation sites (N-methyl/N-ethyl adjacent to an activating group) is 1. The molecule has 30 heavy (non-hydrogen) atoms. The predicted molar refractivity (Wildman–Crippen MR) is 121 cm³/mol. The van der Waals surface area contributed by atoms with Crippen molar-refractivity contribution in [2.45, 2.75) is 26.7 Å². The summed E-state index contributed by atoms with van der Waals surface area (Å²) in [4.78, 5) is 37.5. The summed E-state index contributed by atoms with van der Waals surface area (Å²) in [6, 6.07) is 12.5. The minimum atomic E-state index is -0.273. The maximum absolute atomic E-state index is 12.6. The predicted octanol–water partition coefficient (Wildman–Crippen LogP) is 3.84. The van der Waals surface area contributed by atoms with Gasteiger partial charge in [0.2, 0.25) is 17.7 Å². The van der Waals surface area contributed by atoms with Crippen molar-refractivity contribution in [1.82, 2.24) is 4.90 Å². The molecule has 0 aliphatic heterocycles. The highest BCUT2D eigenvalue weighted by atomic mass is 79.9.